The van der Waals surface area contributed by atoms with Gasteiger partial charge in [-0.2, -0.15) is 0 Å². The van der Waals surface area contributed by atoms with Crippen molar-refractivity contribution in [3.05, 3.63) is 34.5 Å². The minimum Gasteiger partial charge on any atom is -0.348 e. The zero-order chi connectivity index (χ0) is 15.3. The van der Waals surface area contributed by atoms with Gasteiger partial charge in [-0.05, 0) is 61.8 Å². The van der Waals surface area contributed by atoms with Gasteiger partial charge in [-0.25, -0.2) is 4.39 Å². The van der Waals surface area contributed by atoms with E-state index in [1.165, 1.54) is 36.3 Å². The van der Waals surface area contributed by atoms with E-state index in [0.717, 1.165) is 28.5 Å². The fourth-order valence-corrected chi connectivity index (χ4v) is 4.93. The van der Waals surface area contributed by atoms with Crippen molar-refractivity contribution in [2.45, 2.75) is 50.7 Å². The van der Waals surface area contributed by atoms with Crippen LogP contribution in [0.15, 0.2) is 18.2 Å². The van der Waals surface area contributed by atoms with Gasteiger partial charge >= 0.3 is 0 Å². The summed E-state index contributed by atoms with van der Waals surface area (Å²) in [6.07, 6.45) is 4.47. The molecule has 0 aliphatic carbocycles. The van der Waals surface area contributed by atoms with E-state index in [2.05, 4.69) is 10.6 Å². The van der Waals surface area contributed by atoms with Crippen LogP contribution in [0.1, 0.15) is 40.9 Å². The lowest BCUT2D eigenvalue weighted by Crippen LogP contribution is -2.47. The van der Waals surface area contributed by atoms with Gasteiger partial charge in [0.05, 0.1) is 4.88 Å². The number of carbonyl (C=O) groups is 1. The zero-order valence-corrected chi connectivity index (χ0v) is 13.3. The summed E-state index contributed by atoms with van der Waals surface area (Å²) in [6, 6.07) is 6.09. The van der Waals surface area contributed by atoms with E-state index in [0.29, 0.717) is 17.0 Å². The molecule has 1 amide bonds. The van der Waals surface area contributed by atoms with E-state index in [-0.39, 0.29) is 17.8 Å². The first-order valence-electron chi connectivity index (χ1n) is 7.85. The lowest BCUT2D eigenvalue weighted by molar-refractivity contribution is 0.0927. The molecule has 2 aliphatic rings. The van der Waals surface area contributed by atoms with E-state index < -0.39 is 0 Å². The number of hydrogen-bond donors (Lipinski definition) is 2. The molecule has 2 bridgehead atoms. The number of carbonyl (C=O) groups excluding carboxylic acids is 1. The van der Waals surface area contributed by atoms with Gasteiger partial charge in [0, 0.05) is 22.8 Å². The highest BCUT2D eigenvalue weighted by Gasteiger charge is 2.34. The van der Waals surface area contributed by atoms with Crippen molar-refractivity contribution in [2.24, 2.45) is 0 Å². The second kappa shape index (κ2) is 5.32. The van der Waals surface area contributed by atoms with Crippen LogP contribution in [0.4, 0.5) is 4.39 Å². The Morgan fingerprint density at radius 2 is 2.05 bits per heavy atom. The Bertz CT molecular complexity index is 730. The lowest BCUT2D eigenvalue weighted by atomic mass is 9.99. The van der Waals surface area contributed by atoms with Gasteiger partial charge in [-0.15, -0.1) is 11.3 Å². The average molecular weight is 318 g/mol. The van der Waals surface area contributed by atoms with Crippen LogP contribution in [0.5, 0.6) is 0 Å². The van der Waals surface area contributed by atoms with Gasteiger partial charge in [-0.3, -0.25) is 4.79 Å². The molecule has 2 aromatic rings. The van der Waals surface area contributed by atoms with Crippen LogP contribution >= 0.6 is 11.3 Å². The summed E-state index contributed by atoms with van der Waals surface area (Å²) in [5.41, 5.74) is 0.883. The smallest absolute Gasteiger partial charge is 0.261 e. The van der Waals surface area contributed by atoms with Gasteiger partial charge < -0.3 is 10.6 Å². The number of benzene rings is 1. The van der Waals surface area contributed by atoms with Crippen molar-refractivity contribution in [1.82, 2.24) is 10.6 Å². The summed E-state index contributed by atoms with van der Waals surface area (Å²) in [5.74, 6) is -0.263. The number of aryl methyl sites for hydroxylation is 1. The second-order valence-electron chi connectivity index (χ2n) is 6.48. The van der Waals surface area contributed by atoms with Crippen molar-refractivity contribution in [2.75, 3.05) is 0 Å². The third-order valence-electron chi connectivity index (χ3n) is 4.91. The van der Waals surface area contributed by atoms with Crippen LogP contribution in [-0.4, -0.2) is 24.0 Å². The first-order chi connectivity index (χ1) is 10.6. The Kier molecular flexibility index (Phi) is 3.42. The Labute approximate surface area is 132 Å². The first kappa shape index (κ1) is 14.2. The number of halogens is 1. The van der Waals surface area contributed by atoms with Gasteiger partial charge in [0.1, 0.15) is 5.82 Å². The lowest BCUT2D eigenvalue weighted by Gasteiger charge is -2.29. The van der Waals surface area contributed by atoms with Gasteiger partial charge in [0.2, 0.25) is 0 Å². The number of piperidine rings is 1. The van der Waals surface area contributed by atoms with Crippen LogP contribution in [0.25, 0.3) is 10.1 Å². The topological polar surface area (TPSA) is 41.1 Å². The Morgan fingerprint density at radius 3 is 2.77 bits per heavy atom. The highest BCUT2D eigenvalue weighted by Crippen LogP contribution is 2.32. The molecule has 1 aromatic heterocycles. The van der Waals surface area contributed by atoms with Crippen LogP contribution in [0.3, 0.4) is 0 Å². The van der Waals surface area contributed by atoms with Crippen LogP contribution in [-0.2, 0) is 0 Å². The Morgan fingerprint density at radius 1 is 1.32 bits per heavy atom. The zero-order valence-electron chi connectivity index (χ0n) is 12.5. The summed E-state index contributed by atoms with van der Waals surface area (Å²) in [7, 11) is 0. The SMILES string of the molecule is Cc1c(C(=O)NC2CC3CCC(C2)N3)sc2ccc(F)cc12. The molecular weight excluding hydrogens is 299 g/mol. The summed E-state index contributed by atoms with van der Waals surface area (Å²) >= 11 is 1.45. The molecule has 5 heteroatoms. The molecule has 22 heavy (non-hydrogen) atoms. The third-order valence-corrected chi connectivity index (χ3v) is 6.18. The standard InChI is InChI=1S/C17H19FN2OS/c1-9-14-6-10(18)2-5-15(14)22-16(9)17(21)20-13-7-11-3-4-12(8-13)19-11/h2,5-6,11-13,19H,3-4,7-8H2,1H3,(H,20,21). The molecule has 2 saturated heterocycles. The highest BCUT2D eigenvalue weighted by atomic mass is 32.1. The molecule has 2 fully saturated rings. The maximum absolute atomic E-state index is 13.4. The molecule has 2 unspecified atom stereocenters. The van der Waals surface area contributed by atoms with Crippen molar-refractivity contribution in [1.29, 1.82) is 0 Å². The van der Waals surface area contributed by atoms with Gasteiger partial charge in [0.25, 0.3) is 5.91 Å². The fraction of sp³-hybridized carbons (Fsp3) is 0.471. The predicted molar refractivity (Wildman–Crippen MR) is 87.0 cm³/mol. The molecular formula is C17H19FN2OS. The van der Waals surface area contributed by atoms with Gasteiger partial charge in [-0.1, -0.05) is 0 Å². The quantitative estimate of drug-likeness (QED) is 0.891. The van der Waals surface area contributed by atoms with E-state index >= 15 is 0 Å². The fourth-order valence-electron chi connectivity index (χ4n) is 3.84. The maximum atomic E-state index is 13.4. The summed E-state index contributed by atoms with van der Waals surface area (Å²) in [4.78, 5) is 13.3. The second-order valence-corrected chi connectivity index (χ2v) is 7.53. The molecule has 0 spiro atoms. The van der Waals surface area contributed by atoms with Crippen LogP contribution < -0.4 is 10.6 Å². The number of rotatable bonds is 2. The van der Waals surface area contributed by atoms with Crippen molar-refractivity contribution < 1.29 is 9.18 Å². The number of nitrogens with one attached hydrogen (secondary N) is 2. The number of thiophene rings is 1. The van der Waals surface area contributed by atoms with Crippen molar-refractivity contribution in [3.63, 3.8) is 0 Å². The maximum Gasteiger partial charge on any atom is 0.261 e. The summed E-state index contributed by atoms with van der Waals surface area (Å²) in [6.45, 7) is 1.90. The van der Waals surface area contributed by atoms with E-state index in [4.69, 9.17) is 0 Å². The predicted octanol–water partition coefficient (Wildman–Crippen LogP) is 3.36. The molecule has 1 aromatic carbocycles. The minimum absolute atomic E-state index is 0.00888. The number of amides is 1. The Hall–Kier alpha value is -1.46. The van der Waals surface area contributed by atoms with Crippen molar-refractivity contribution in [3.8, 4) is 0 Å². The largest absolute Gasteiger partial charge is 0.348 e. The molecule has 3 heterocycles. The molecule has 2 aliphatic heterocycles. The summed E-state index contributed by atoms with van der Waals surface area (Å²) < 4.78 is 14.4. The third kappa shape index (κ3) is 2.42. The number of fused-ring (bicyclic) bond motifs is 3. The average Bonchev–Trinajstić information content (AvgIpc) is 2.99. The van der Waals surface area contributed by atoms with Crippen LogP contribution in [0, 0.1) is 12.7 Å². The van der Waals surface area contributed by atoms with E-state index in [9.17, 15) is 9.18 Å². The number of hydrogen-bond acceptors (Lipinski definition) is 3. The van der Waals surface area contributed by atoms with Crippen LogP contribution in [0.2, 0.25) is 0 Å². The van der Waals surface area contributed by atoms with Crippen molar-refractivity contribution >= 4 is 27.3 Å². The normalized spacial score (nSPS) is 27.3. The Balaban J connectivity index is 1.56. The molecule has 3 nitrogen and oxygen atoms in total. The molecule has 116 valence electrons. The van der Waals surface area contributed by atoms with Gasteiger partial charge in [0.15, 0.2) is 0 Å². The molecule has 4 rings (SSSR count). The monoisotopic (exact) mass is 318 g/mol. The molecule has 0 saturated carbocycles. The summed E-state index contributed by atoms with van der Waals surface area (Å²) in [5, 5.41) is 7.62. The van der Waals surface area contributed by atoms with E-state index in [1.807, 2.05) is 6.92 Å². The van der Waals surface area contributed by atoms with E-state index in [1.54, 1.807) is 6.07 Å². The molecule has 2 N–H and O–H groups in total. The first-order valence-corrected chi connectivity index (χ1v) is 8.67. The minimum atomic E-state index is -0.254. The molecule has 0 radical (unpaired) electrons. The molecule has 2 atom stereocenters. The highest BCUT2D eigenvalue weighted by molar-refractivity contribution is 7.21.